The van der Waals surface area contributed by atoms with Gasteiger partial charge < -0.3 is 4.74 Å². The zero-order valence-electron chi connectivity index (χ0n) is 13.6. The number of benzene rings is 2. The standard InChI is InChI=1S/C18H19NO4S/c1-3-23-18(20)14-8-10-16(11-9-14)24(21,22)19-13(2)12-15-6-4-5-7-17(15)19/h4-11,13H,3,12H2,1-2H3. The third-order valence-corrected chi connectivity index (χ3v) is 6.01. The first-order valence-corrected chi connectivity index (χ1v) is 9.28. The average Bonchev–Trinajstić information content (AvgIpc) is 2.91. The van der Waals surface area contributed by atoms with Gasteiger partial charge in [0.25, 0.3) is 10.0 Å². The molecule has 0 N–H and O–H groups in total. The quantitative estimate of drug-likeness (QED) is 0.799. The highest BCUT2D eigenvalue weighted by molar-refractivity contribution is 7.92. The summed E-state index contributed by atoms with van der Waals surface area (Å²) in [6.45, 7) is 3.90. The summed E-state index contributed by atoms with van der Waals surface area (Å²) in [4.78, 5) is 11.9. The monoisotopic (exact) mass is 345 g/mol. The Hall–Kier alpha value is -2.34. The van der Waals surface area contributed by atoms with E-state index in [2.05, 4.69) is 0 Å². The number of nitrogens with zero attached hydrogens (tertiary/aromatic N) is 1. The molecular weight excluding hydrogens is 326 g/mol. The lowest BCUT2D eigenvalue weighted by Gasteiger charge is -2.24. The van der Waals surface area contributed by atoms with Gasteiger partial charge in [0.2, 0.25) is 0 Å². The lowest BCUT2D eigenvalue weighted by Crippen LogP contribution is -2.35. The van der Waals surface area contributed by atoms with E-state index in [1.807, 2.05) is 31.2 Å². The molecule has 0 spiro atoms. The van der Waals surface area contributed by atoms with Gasteiger partial charge in [-0.05, 0) is 56.2 Å². The van der Waals surface area contributed by atoms with Gasteiger partial charge in [-0.25, -0.2) is 13.2 Å². The number of rotatable bonds is 4. The molecule has 126 valence electrons. The van der Waals surface area contributed by atoms with Crippen molar-refractivity contribution in [2.45, 2.75) is 31.2 Å². The van der Waals surface area contributed by atoms with Crippen LogP contribution in [0.4, 0.5) is 5.69 Å². The van der Waals surface area contributed by atoms with Crippen LogP contribution in [0.1, 0.15) is 29.8 Å². The molecule has 0 bridgehead atoms. The molecule has 24 heavy (non-hydrogen) atoms. The molecule has 0 radical (unpaired) electrons. The van der Waals surface area contributed by atoms with Crippen molar-refractivity contribution in [3.63, 3.8) is 0 Å². The maximum absolute atomic E-state index is 13.0. The summed E-state index contributed by atoms with van der Waals surface area (Å²) in [6.07, 6.45) is 0.691. The fraction of sp³-hybridized carbons (Fsp3) is 0.278. The molecule has 1 heterocycles. The number of fused-ring (bicyclic) bond motifs is 1. The smallest absolute Gasteiger partial charge is 0.338 e. The van der Waals surface area contributed by atoms with E-state index in [0.29, 0.717) is 12.0 Å². The molecule has 5 nitrogen and oxygen atoms in total. The third kappa shape index (κ3) is 2.78. The molecule has 6 heteroatoms. The van der Waals surface area contributed by atoms with Gasteiger partial charge in [0.1, 0.15) is 0 Å². The van der Waals surface area contributed by atoms with Crippen LogP contribution in [0.15, 0.2) is 53.4 Å². The highest BCUT2D eigenvalue weighted by atomic mass is 32.2. The van der Waals surface area contributed by atoms with Crippen molar-refractivity contribution in [1.82, 2.24) is 0 Å². The van der Waals surface area contributed by atoms with Crippen LogP contribution in [-0.4, -0.2) is 27.0 Å². The zero-order chi connectivity index (χ0) is 17.3. The number of sulfonamides is 1. The van der Waals surface area contributed by atoms with Crippen LogP contribution >= 0.6 is 0 Å². The maximum Gasteiger partial charge on any atom is 0.338 e. The summed E-state index contributed by atoms with van der Waals surface area (Å²) in [5.41, 5.74) is 2.09. The van der Waals surface area contributed by atoms with E-state index < -0.39 is 16.0 Å². The van der Waals surface area contributed by atoms with Gasteiger partial charge in [0.15, 0.2) is 0 Å². The van der Waals surface area contributed by atoms with Crippen LogP contribution < -0.4 is 4.31 Å². The number of para-hydroxylation sites is 1. The van der Waals surface area contributed by atoms with Crippen LogP contribution in [-0.2, 0) is 21.2 Å². The summed E-state index contributed by atoms with van der Waals surface area (Å²) in [7, 11) is -3.67. The van der Waals surface area contributed by atoms with Crippen molar-refractivity contribution in [3.8, 4) is 0 Å². The van der Waals surface area contributed by atoms with E-state index in [0.717, 1.165) is 11.3 Å². The summed E-state index contributed by atoms with van der Waals surface area (Å²) in [5, 5.41) is 0. The predicted molar refractivity (Wildman–Crippen MR) is 91.7 cm³/mol. The first kappa shape index (κ1) is 16.5. The number of hydrogen-bond donors (Lipinski definition) is 0. The Morgan fingerprint density at radius 1 is 1.17 bits per heavy atom. The SMILES string of the molecule is CCOC(=O)c1ccc(S(=O)(=O)N2c3ccccc3CC2C)cc1. The Kier molecular flexibility index (Phi) is 4.32. The predicted octanol–water partition coefficient (Wildman–Crippen LogP) is 3.00. The number of carbonyl (C=O) groups excluding carboxylic acids is 1. The number of ether oxygens (including phenoxy) is 1. The second kappa shape index (κ2) is 6.28. The minimum absolute atomic E-state index is 0.142. The summed E-state index contributed by atoms with van der Waals surface area (Å²) in [5.74, 6) is -0.457. The lowest BCUT2D eigenvalue weighted by atomic mass is 10.1. The fourth-order valence-electron chi connectivity index (χ4n) is 2.99. The number of hydrogen-bond acceptors (Lipinski definition) is 4. The Bertz CT molecular complexity index is 859. The Labute approximate surface area is 141 Å². The lowest BCUT2D eigenvalue weighted by molar-refractivity contribution is 0.0526. The van der Waals surface area contributed by atoms with Gasteiger partial charge in [-0.2, -0.15) is 0 Å². The molecule has 0 saturated heterocycles. The first-order chi connectivity index (χ1) is 11.4. The zero-order valence-corrected chi connectivity index (χ0v) is 14.4. The molecule has 0 amide bonds. The van der Waals surface area contributed by atoms with E-state index in [-0.39, 0.29) is 17.5 Å². The van der Waals surface area contributed by atoms with Crippen LogP contribution in [0, 0.1) is 0 Å². The Morgan fingerprint density at radius 2 is 1.83 bits per heavy atom. The minimum atomic E-state index is -3.67. The number of esters is 1. The molecule has 0 aromatic heterocycles. The molecule has 1 atom stereocenters. The summed E-state index contributed by atoms with van der Waals surface area (Å²) in [6, 6.07) is 13.3. The van der Waals surface area contributed by atoms with Gasteiger partial charge in [-0.1, -0.05) is 18.2 Å². The normalized spacial score (nSPS) is 16.8. The van der Waals surface area contributed by atoms with Crippen molar-refractivity contribution in [2.24, 2.45) is 0 Å². The van der Waals surface area contributed by atoms with Crippen LogP contribution in [0.25, 0.3) is 0 Å². The highest BCUT2D eigenvalue weighted by Gasteiger charge is 2.35. The van der Waals surface area contributed by atoms with Crippen LogP contribution in [0.2, 0.25) is 0 Å². The molecule has 0 saturated carbocycles. The van der Waals surface area contributed by atoms with Crippen LogP contribution in [0.3, 0.4) is 0 Å². The van der Waals surface area contributed by atoms with Crippen molar-refractivity contribution in [1.29, 1.82) is 0 Å². The molecule has 2 aromatic carbocycles. The molecule has 1 unspecified atom stereocenters. The van der Waals surface area contributed by atoms with E-state index in [1.54, 1.807) is 6.92 Å². The maximum atomic E-state index is 13.0. The van der Waals surface area contributed by atoms with Gasteiger partial charge in [-0.15, -0.1) is 0 Å². The second-order valence-electron chi connectivity index (χ2n) is 5.73. The molecule has 1 aliphatic rings. The topological polar surface area (TPSA) is 63.7 Å². The molecule has 1 aliphatic heterocycles. The average molecular weight is 345 g/mol. The fourth-order valence-corrected chi connectivity index (χ4v) is 4.69. The Morgan fingerprint density at radius 3 is 2.50 bits per heavy atom. The largest absolute Gasteiger partial charge is 0.462 e. The van der Waals surface area contributed by atoms with Crippen molar-refractivity contribution in [2.75, 3.05) is 10.9 Å². The molecule has 3 rings (SSSR count). The van der Waals surface area contributed by atoms with Gasteiger partial charge in [0, 0.05) is 6.04 Å². The third-order valence-electron chi connectivity index (χ3n) is 4.07. The van der Waals surface area contributed by atoms with Crippen LogP contribution in [0.5, 0.6) is 0 Å². The number of carbonyl (C=O) groups is 1. The second-order valence-corrected chi connectivity index (χ2v) is 7.54. The highest BCUT2D eigenvalue weighted by Crippen LogP contribution is 2.36. The summed E-state index contributed by atoms with van der Waals surface area (Å²) < 4.78 is 32.4. The molecule has 0 aliphatic carbocycles. The molecule has 2 aromatic rings. The van der Waals surface area contributed by atoms with E-state index in [1.165, 1.54) is 28.6 Å². The van der Waals surface area contributed by atoms with Crippen molar-refractivity contribution < 1.29 is 17.9 Å². The van der Waals surface area contributed by atoms with Gasteiger partial charge in [-0.3, -0.25) is 4.31 Å². The number of anilines is 1. The van der Waals surface area contributed by atoms with E-state index in [9.17, 15) is 13.2 Å². The minimum Gasteiger partial charge on any atom is -0.462 e. The summed E-state index contributed by atoms with van der Waals surface area (Å²) >= 11 is 0. The molecular formula is C18H19NO4S. The van der Waals surface area contributed by atoms with Gasteiger partial charge in [0.05, 0.1) is 22.8 Å². The van der Waals surface area contributed by atoms with Crippen molar-refractivity contribution >= 4 is 21.7 Å². The molecule has 0 fully saturated rings. The first-order valence-electron chi connectivity index (χ1n) is 7.84. The van der Waals surface area contributed by atoms with Crippen molar-refractivity contribution in [3.05, 3.63) is 59.7 Å². The Balaban J connectivity index is 1.95. The van der Waals surface area contributed by atoms with E-state index >= 15 is 0 Å². The van der Waals surface area contributed by atoms with Gasteiger partial charge >= 0.3 is 5.97 Å². The van der Waals surface area contributed by atoms with E-state index in [4.69, 9.17) is 4.74 Å².